The van der Waals surface area contributed by atoms with Crippen molar-refractivity contribution in [3.05, 3.63) is 52.8 Å². The lowest BCUT2D eigenvalue weighted by molar-refractivity contribution is 0.103. The predicted molar refractivity (Wildman–Crippen MR) is 96.9 cm³/mol. The van der Waals surface area contributed by atoms with E-state index in [0.29, 0.717) is 22.8 Å². The topological polar surface area (TPSA) is 78.9 Å². The van der Waals surface area contributed by atoms with E-state index in [1.807, 2.05) is 0 Å². The van der Waals surface area contributed by atoms with E-state index < -0.39 is 32.1 Å². The zero-order chi connectivity index (χ0) is 19.8. The molecule has 0 aromatic heterocycles. The van der Waals surface area contributed by atoms with E-state index in [-0.39, 0.29) is 11.1 Å². The van der Waals surface area contributed by atoms with Crippen LogP contribution >= 0.6 is 0 Å². The van der Waals surface area contributed by atoms with Crippen molar-refractivity contribution in [3.8, 4) is 17.2 Å². The molecule has 2 aromatic carbocycles. The van der Waals surface area contributed by atoms with Gasteiger partial charge in [-0.05, 0) is 35.9 Å². The van der Waals surface area contributed by atoms with Crippen molar-refractivity contribution in [2.75, 3.05) is 27.1 Å². The number of carbonyl (C=O) groups excluding carboxylic acids is 1. The zero-order valence-electron chi connectivity index (χ0n) is 14.9. The van der Waals surface area contributed by atoms with Crippen molar-refractivity contribution in [1.29, 1.82) is 0 Å². The van der Waals surface area contributed by atoms with Gasteiger partial charge in [-0.1, -0.05) is 6.07 Å². The number of ketones is 1. The number of hydrogen-bond donors (Lipinski definition) is 0. The third-order valence-corrected chi connectivity index (χ3v) is 5.92. The molecule has 6 nitrogen and oxygen atoms in total. The van der Waals surface area contributed by atoms with Gasteiger partial charge in [-0.25, -0.2) is 12.8 Å². The standard InChI is InChI=1S/C19H17FO6S/c1-24-15-8-11(9-16(25-2)18(15)26-3)7-12-10-27(22,23)19-13(17(12)21)5-4-6-14(19)20/h4-9H,10H2,1-3H3. The van der Waals surface area contributed by atoms with Gasteiger partial charge in [-0.15, -0.1) is 0 Å². The number of rotatable bonds is 4. The first-order chi connectivity index (χ1) is 12.8. The summed E-state index contributed by atoms with van der Waals surface area (Å²) in [6.07, 6.45) is 1.43. The average molecular weight is 392 g/mol. The summed E-state index contributed by atoms with van der Waals surface area (Å²) >= 11 is 0. The zero-order valence-corrected chi connectivity index (χ0v) is 15.7. The van der Waals surface area contributed by atoms with Crippen LogP contribution in [0.1, 0.15) is 15.9 Å². The highest BCUT2D eigenvalue weighted by Gasteiger charge is 2.35. The van der Waals surface area contributed by atoms with Gasteiger partial charge in [0.15, 0.2) is 27.1 Å². The molecule has 0 amide bonds. The monoisotopic (exact) mass is 392 g/mol. The number of carbonyl (C=O) groups is 1. The van der Waals surface area contributed by atoms with Gasteiger partial charge in [0, 0.05) is 11.1 Å². The van der Waals surface area contributed by atoms with Gasteiger partial charge in [-0.2, -0.15) is 0 Å². The van der Waals surface area contributed by atoms with Crippen LogP contribution in [-0.4, -0.2) is 41.3 Å². The highest BCUT2D eigenvalue weighted by Crippen LogP contribution is 2.39. The summed E-state index contributed by atoms with van der Waals surface area (Å²) in [6, 6.07) is 6.83. The molecule has 1 aliphatic heterocycles. The van der Waals surface area contributed by atoms with Crippen LogP contribution in [0.5, 0.6) is 17.2 Å². The molecule has 1 aliphatic rings. The molecular weight excluding hydrogens is 375 g/mol. The summed E-state index contributed by atoms with van der Waals surface area (Å²) in [6.45, 7) is 0. The number of halogens is 1. The maximum atomic E-state index is 14.0. The lowest BCUT2D eigenvalue weighted by Gasteiger charge is -2.19. The Morgan fingerprint density at radius 3 is 2.22 bits per heavy atom. The molecule has 27 heavy (non-hydrogen) atoms. The molecule has 0 fully saturated rings. The number of ether oxygens (including phenoxy) is 3. The third-order valence-electron chi connectivity index (χ3n) is 4.19. The summed E-state index contributed by atoms with van der Waals surface area (Å²) < 4.78 is 54.7. The molecule has 0 aliphatic carbocycles. The van der Waals surface area contributed by atoms with Crippen molar-refractivity contribution in [1.82, 2.24) is 0 Å². The van der Waals surface area contributed by atoms with Crippen LogP contribution in [0.25, 0.3) is 6.08 Å². The maximum Gasteiger partial charge on any atom is 0.203 e. The van der Waals surface area contributed by atoms with Gasteiger partial charge in [0.25, 0.3) is 0 Å². The molecule has 0 spiro atoms. The van der Waals surface area contributed by atoms with E-state index in [1.54, 1.807) is 12.1 Å². The first kappa shape index (κ1) is 18.9. The number of benzene rings is 2. The Labute approximate surface area is 156 Å². The van der Waals surface area contributed by atoms with Gasteiger partial charge in [0.2, 0.25) is 5.75 Å². The van der Waals surface area contributed by atoms with E-state index >= 15 is 0 Å². The molecule has 0 atom stereocenters. The quantitative estimate of drug-likeness (QED) is 0.745. The molecular formula is C19H17FO6S. The average Bonchev–Trinajstić information content (AvgIpc) is 2.64. The minimum absolute atomic E-state index is 0.0300. The molecule has 2 aromatic rings. The van der Waals surface area contributed by atoms with Gasteiger partial charge < -0.3 is 14.2 Å². The van der Waals surface area contributed by atoms with Crippen molar-refractivity contribution < 1.29 is 31.8 Å². The number of methoxy groups -OCH3 is 3. The van der Waals surface area contributed by atoms with Crippen LogP contribution in [0.2, 0.25) is 0 Å². The molecule has 0 N–H and O–H groups in total. The third kappa shape index (κ3) is 3.28. The Kier molecular flexibility index (Phi) is 4.93. The van der Waals surface area contributed by atoms with E-state index in [4.69, 9.17) is 14.2 Å². The second-order valence-electron chi connectivity index (χ2n) is 5.83. The van der Waals surface area contributed by atoms with Gasteiger partial charge in [0.1, 0.15) is 10.7 Å². The van der Waals surface area contributed by atoms with E-state index in [9.17, 15) is 17.6 Å². The Balaban J connectivity index is 2.15. The van der Waals surface area contributed by atoms with Crippen LogP contribution in [0, 0.1) is 5.82 Å². The molecule has 0 unspecified atom stereocenters. The molecule has 0 saturated carbocycles. The summed E-state index contributed by atoms with van der Waals surface area (Å²) in [5.41, 5.74) is 0.352. The lowest BCUT2D eigenvalue weighted by atomic mass is 10.0. The molecule has 8 heteroatoms. The Bertz CT molecular complexity index is 1030. The SMILES string of the molecule is COc1cc(C=C2CS(=O)(=O)c3c(F)cccc3C2=O)cc(OC)c1OC. The van der Waals surface area contributed by atoms with E-state index in [2.05, 4.69) is 0 Å². The van der Waals surface area contributed by atoms with Crippen LogP contribution in [0.4, 0.5) is 4.39 Å². The number of fused-ring (bicyclic) bond motifs is 1. The largest absolute Gasteiger partial charge is 0.493 e. The lowest BCUT2D eigenvalue weighted by Crippen LogP contribution is -2.25. The Morgan fingerprint density at radius 2 is 1.67 bits per heavy atom. The summed E-state index contributed by atoms with van der Waals surface area (Å²) in [4.78, 5) is 12.2. The second-order valence-corrected chi connectivity index (χ2v) is 7.76. The minimum Gasteiger partial charge on any atom is -0.493 e. The fraction of sp³-hybridized carbons (Fsp3) is 0.211. The van der Waals surface area contributed by atoms with Gasteiger partial charge in [-0.3, -0.25) is 4.79 Å². The summed E-state index contributed by atoms with van der Waals surface area (Å²) in [5, 5.41) is 0. The maximum absolute atomic E-state index is 14.0. The van der Waals surface area contributed by atoms with Crippen molar-refractivity contribution >= 4 is 21.7 Å². The Morgan fingerprint density at radius 1 is 1.04 bits per heavy atom. The van der Waals surface area contributed by atoms with E-state index in [1.165, 1.54) is 39.5 Å². The van der Waals surface area contributed by atoms with Crippen LogP contribution in [-0.2, 0) is 9.84 Å². The van der Waals surface area contributed by atoms with Gasteiger partial charge in [0.05, 0.1) is 27.1 Å². The molecule has 142 valence electrons. The van der Waals surface area contributed by atoms with Crippen LogP contribution < -0.4 is 14.2 Å². The van der Waals surface area contributed by atoms with Crippen LogP contribution in [0.3, 0.4) is 0 Å². The first-order valence-electron chi connectivity index (χ1n) is 7.89. The van der Waals surface area contributed by atoms with Crippen LogP contribution in [0.15, 0.2) is 40.8 Å². The number of hydrogen-bond acceptors (Lipinski definition) is 6. The number of sulfone groups is 1. The summed E-state index contributed by atoms with van der Waals surface area (Å²) in [7, 11) is 0.385. The normalized spacial score (nSPS) is 16.7. The highest BCUT2D eigenvalue weighted by atomic mass is 32.2. The molecule has 0 saturated heterocycles. The Hall–Kier alpha value is -2.87. The predicted octanol–water partition coefficient (Wildman–Crippen LogP) is 2.91. The second kappa shape index (κ2) is 7.03. The summed E-state index contributed by atoms with van der Waals surface area (Å²) in [5.74, 6) is -0.948. The van der Waals surface area contributed by atoms with E-state index in [0.717, 1.165) is 6.07 Å². The highest BCUT2D eigenvalue weighted by molar-refractivity contribution is 7.92. The fourth-order valence-electron chi connectivity index (χ4n) is 3.01. The number of Topliss-reactive ketones (excluding diaryl/α,β-unsaturated/α-hetero) is 1. The van der Waals surface area contributed by atoms with Crippen molar-refractivity contribution in [2.45, 2.75) is 4.90 Å². The molecule has 3 rings (SSSR count). The fourth-order valence-corrected chi connectivity index (χ4v) is 4.64. The molecule has 0 bridgehead atoms. The van der Waals surface area contributed by atoms with Crippen molar-refractivity contribution in [3.63, 3.8) is 0 Å². The first-order valence-corrected chi connectivity index (χ1v) is 9.54. The molecule has 0 radical (unpaired) electrons. The van der Waals surface area contributed by atoms with Gasteiger partial charge >= 0.3 is 0 Å². The smallest absolute Gasteiger partial charge is 0.203 e. The van der Waals surface area contributed by atoms with Crippen molar-refractivity contribution in [2.24, 2.45) is 0 Å². The molecule has 1 heterocycles. The minimum atomic E-state index is -3.97.